The number of carboxylic acid groups (broad SMARTS) is 1. The first kappa shape index (κ1) is 31.1. The fourth-order valence-corrected chi connectivity index (χ4v) is 4.64. The summed E-state index contributed by atoms with van der Waals surface area (Å²) < 4.78 is 5.89. The summed E-state index contributed by atoms with van der Waals surface area (Å²) in [5, 5.41) is 13.6. The molecule has 0 aromatic heterocycles. The Morgan fingerprint density at radius 2 is 1.56 bits per heavy atom. The van der Waals surface area contributed by atoms with Gasteiger partial charge < -0.3 is 20.1 Å². The molecular weight excluding hydrogens is 564 g/mol. The molecule has 1 atom stereocenters. The molecule has 0 radical (unpaired) electrons. The number of carbonyl (C=O) groups excluding carboxylic acids is 2. The Morgan fingerprint density at radius 3 is 2.21 bits per heavy atom. The highest BCUT2D eigenvalue weighted by atomic mass is 35.5. The van der Waals surface area contributed by atoms with Gasteiger partial charge in [-0.2, -0.15) is 0 Å². The van der Waals surface area contributed by atoms with Crippen molar-refractivity contribution >= 4 is 40.6 Å². The Hall–Kier alpha value is -4.88. The van der Waals surface area contributed by atoms with Crippen molar-refractivity contribution in [1.82, 2.24) is 0 Å². The number of ether oxygens (including phenoxy) is 1. The Morgan fingerprint density at radius 1 is 0.907 bits per heavy atom. The van der Waals surface area contributed by atoms with E-state index < -0.39 is 12.0 Å². The second-order valence-corrected chi connectivity index (χ2v) is 10.5. The molecule has 7 nitrogen and oxygen atoms in total. The maximum absolute atomic E-state index is 13.1. The number of ketones is 1. The first-order chi connectivity index (χ1) is 20.7. The molecule has 0 saturated heterocycles. The number of hydrogen-bond acceptors (Lipinski definition) is 5. The molecule has 0 aliphatic carbocycles. The van der Waals surface area contributed by atoms with Gasteiger partial charge in [0.25, 0.3) is 5.91 Å². The number of carbonyl (C=O) groups is 3. The van der Waals surface area contributed by atoms with E-state index in [2.05, 4.69) is 11.9 Å². The van der Waals surface area contributed by atoms with Crippen LogP contribution in [0.3, 0.4) is 0 Å². The molecule has 0 heterocycles. The van der Waals surface area contributed by atoms with Crippen LogP contribution in [-0.2, 0) is 16.0 Å². The third-order valence-corrected chi connectivity index (χ3v) is 6.99. The van der Waals surface area contributed by atoms with Crippen molar-refractivity contribution in [3.8, 4) is 5.75 Å². The Bertz CT molecular complexity index is 1570. The molecule has 0 fully saturated rings. The molecule has 1 amide bonds. The van der Waals surface area contributed by atoms with Crippen LogP contribution in [0.1, 0.15) is 34.8 Å². The van der Waals surface area contributed by atoms with Crippen LogP contribution >= 0.6 is 11.6 Å². The summed E-state index contributed by atoms with van der Waals surface area (Å²) in [6.07, 6.45) is 0.776. The molecule has 2 N–H and O–H groups in total. The number of anilines is 2. The number of halogens is 1. The topological polar surface area (TPSA) is 95.9 Å². The number of benzene rings is 4. The van der Waals surface area contributed by atoms with Crippen molar-refractivity contribution in [3.63, 3.8) is 0 Å². The number of nitrogens with zero attached hydrogens (tertiary/aromatic N) is 1. The molecular formula is C35H33ClN2O5. The minimum Gasteiger partial charge on any atom is -0.494 e. The maximum atomic E-state index is 13.1. The maximum Gasteiger partial charge on any atom is 0.326 e. The molecule has 43 heavy (non-hydrogen) atoms. The van der Waals surface area contributed by atoms with Gasteiger partial charge in [-0.1, -0.05) is 72.8 Å². The van der Waals surface area contributed by atoms with E-state index in [1.54, 1.807) is 96.8 Å². The molecule has 0 unspecified atom stereocenters. The van der Waals surface area contributed by atoms with Gasteiger partial charge in [-0.3, -0.25) is 9.59 Å². The molecule has 4 rings (SSSR count). The second-order valence-electron chi connectivity index (χ2n) is 10.0. The van der Waals surface area contributed by atoms with E-state index in [9.17, 15) is 19.5 Å². The van der Waals surface area contributed by atoms with Gasteiger partial charge in [-0.15, -0.1) is 0 Å². The van der Waals surface area contributed by atoms with E-state index in [1.807, 2.05) is 18.2 Å². The highest BCUT2D eigenvalue weighted by Crippen LogP contribution is 2.23. The predicted molar refractivity (Wildman–Crippen MR) is 170 cm³/mol. The van der Waals surface area contributed by atoms with Crippen molar-refractivity contribution in [3.05, 3.63) is 137 Å². The number of aliphatic carboxylic acids is 1. The smallest absolute Gasteiger partial charge is 0.326 e. The van der Waals surface area contributed by atoms with Gasteiger partial charge in [0, 0.05) is 46.1 Å². The lowest BCUT2D eigenvalue weighted by molar-refractivity contribution is -0.137. The highest BCUT2D eigenvalue weighted by Gasteiger charge is 2.21. The Kier molecular flexibility index (Phi) is 10.7. The normalized spacial score (nSPS) is 11.3. The molecule has 0 aliphatic heterocycles. The van der Waals surface area contributed by atoms with Crippen LogP contribution in [-0.4, -0.2) is 42.0 Å². The zero-order valence-electron chi connectivity index (χ0n) is 23.8. The average molecular weight is 597 g/mol. The van der Waals surface area contributed by atoms with Crippen molar-refractivity contribution in [1.29, 1.82) is 0 Å². The zero-order chi connectivity index (χ0) is 30.8. The first-order valence-corrected chi connectivity index (χ1v) is 14.2. The van der Waals surface area contributed by atoms with Crippen LogP contribution in [0.5, 0.6) is 5.75 Å². The number of carboxylic acids is 1. The number of nitrogens with one attached hydrogen (secondary N) is 1. The summed E-state index contributed by atoms with van der Waals surface area (Å²) in [4.78, 5) is 39.6. The van der Waals surface area contributed by atoms with Gasteiger partial charge in [0.15, 0.2) is 5.78 Å². The van der Waals surface area contributed by atoms with Crippen LogP contribution in [0.15, 0.2) is 115 Å². The third-order valence-electron chi connectivity index (χ3n) is 6.74. The summed E-state index contributed by atoms with van der Waals surface area (Å²) >= 11 is 6.00. The van der Waals surface area contributed by atoms with E-state index in [0.717, 1.165) is 11.3 Å². The summed E-state index contributed by atoms with van der Waals surface area (Å²) in [6.45, 7) is 6.26. The summed E-state index contributed by atoms with van der Waals surface area (Å²) in [6, 6.07) is 29.1. The summed E-state index contributed by atoms with van der Waals surface area (Å²) in [5.41, 5.74) is 3.35. The summed E-state index contributed by atoms with van der Waals surface area (Å²) in [7, 11) is 0. The van der Waals surface area contributed by atoms with Gasteiger partial charge in [0.2, 0.25) is 0 Å². The second kappa shape index (κ2) is 14.8. The predicted octanol–water partition coefficient (Wildman–Crippen LogP) is 7.06. The van der Waals surface area contributed by atoms with Gasteiger partial charge >= 0.3 is 5.97 Å². The van der Waals surface area contributed by atoms with E-state index in [-0.39, 0.29) is 18.1 Å². The molecule has 0 saturated carbocycles. The first-order valence-electron chi connectivity index (χ1n) is 13.9. The standard InChI is InChI=1S/C35H33ClN2O5/c1-24(2)34(40)38(28-17-15-27(36)16-18-28)21-8-22-43-29-19-13-25(14-20-29)23-32(35(41)42)37-31-12-7-6-11-30(31)33(39)26-9-4-3-5-10-26/h3-7,9-20,32,37H,1,8,21-23H2,2H3,(H,41,42)/t32-/m0/s1. The molecule has 0 aliphatic rings. The van der Waals surface area contributed by atoms with E-state index in [4.69, 9.17) is 16.3 Å². The lowest BCUT2D eigenvalue weighted by Crippen LogP contribution is -2.33. The molecule has 8 heteroatoms. The van der Waals surface area contributed by atoms with Crippen LogP contribution in [0.25, 0.3) is 0 Å². The van der Waals surface area contributed by atoms with Crippen LogP contribution < -0.4 is 15.0 Å². The number of para-hydroxylation sites is 1. The van der Waals surface area contributed by atoms with Gasteiger partial charge in [-0.25, -0.2) is 4.79 Å². The Labute approximate surface area is 256 Å². The Balaban J connectivity index is 1.35. The summed E-state index contributed by atoms with van der Waals surface area (Å²) in [5.74, 6) is -0.751. The fraction of sp³-hybridized carbons (Fsp3) is 0.171. The molecule has 220 valence electrons. The van der Waals surface area contributed by atoms with Crippen LogP contribution in [0, 0.1) is 0 Å². The van der Waals surface area contributed by atoms with E-state index >= 15 is 0 Å². The highest BCUT2D eigenvalue weighted by molar-refractivity contribution is 6.30. The molecule has 0 bridgehead atoms. The molecule has 4 aromatic carbocycles. The fourth-order valence-electron chi connectivity index (χ4n) is 4.51. The monoisotopic (exact) mass is 596 g/mol. The third kappa shape index (κ3) is 8.56. The van der Waals surface area contributed by atoms with Gasteiger partial charge in [-0.05, 0) is 67.4 Å². The van der Waals surface area contributed by atoms with E-state index in [1.165, 1.54) is 0 Å². The zero-order valence-corrected chi connectivity index (χ0v) is 24.6. The van der Waals surface area contributed by atoms with Crippen molar-refractivity contribution in [2.24, 2.45) is 0 Å². The quantitative estimate of drug-likeness (QED) is 0.0919. The largest absolute Gasteiger partial charge is 0.494 e. The average Bonchev–Trinajstić information content (AvgIpc) is 3.02. The van der Waals surface area contributed by atoms with Crippen LogP contribution in [0.4, 0.5) is 11.4 Å². The van der Waals surface area contributed by atoms with Crippen molar-refractivity contribution in [2.45, 2.75) is 25.8 Å². The lowest BCUT2D eigenvalue weighted by Gasteiger charge is -2.23. The van der Waals surface area contributed by atoms with Crippen molar-refractivity contribution < 1.29 is 24.2 Å². The lowest BCUT2D eigenvalue weighted by atomic mass is 10.00. The molecule has 4 aromatic rings. The van der Waals surface area contributed by atoms with Gasteiger partial charge in [0.1, 0.15) is 11.8 Å². The molecule has 0 spiro atoms. The van der Waals surface area contributed by atoms with Crippen molar-refractivity contribution in [2.75, 3.05) is 23.4 Å². The van der Waals surface area contributed by atoms with Crippen LogP contribution in [0.2, 0.25) is 5.02 Å². The minimum atomic E-state index is -1.03. The van der Waals surface area contributed by atoms with E-state index in [0.29, 0.717) is 52.7 Å². The van der Waals surface area contributed by atoms with Gasteiger partial charge in [0.05, 0.1) is 6.61 Å². The number of hydrogen-bond donors (Lipinski definition) is 2. The number of rotatable bonds is 14. The minimum absolute atomic E-state index is 0.166. The number of amides is 1. The SMILES string of the molecule is C=C(C)C(=O)N(CCCOc1ccc(C[C@H](Nc2ccccc2C(=O)c2ccccc2)C(=O)O)cc1)c1ccc(Cl)cc1.